The van der Waals surface area contributed by atoms with E-state index in [0.717, 1.165) is 25.2 Å². The summed E-state index contributed by atoms with van der Waals surface area (Å²) in [4.78, 5) is 2.43. The normalized spacial score (nSPS) is 18.3. The molecule has 0 spiro atoms. The van der Waals surface area contributed by atoms with Gasteiger partial charge in [0.2, 0.25) is 0 Å². The lowest BCUT2D eigenvalue weighted by Gasteiger charge is -2.42. The number of anilines is 1. The highest BCUT2D eigenvalue weighted by Gasteiger charge is 2.31. The van der Waals surface area contributed by atoms with Crippen molar-refractivity contribution in [2.24, 2.45) is 5.41 Å². The van der Waals surface area contributed by atoms with Crippen molar-refractivity contribution in [3.8, 4) is 0 Å². The van der Waals surface area contributed by atoms with Crippen molar-refractivity contribution in [1.82, 2.24) is 5.32 Å². The predicted octanol–water partition coefficient (Wildman–Crippen LogP) is 3.95. The minimum atomic E-state index is -0.146. The Bertz CT molecular complexity index is 431. The van der Waals surface area contributed by atoms with Crippen molar-refractivity contribution in [1.29, 1.82) is 0 Å². The number of nitrogens with one attached hydrogen (secondary N) is 1. The number of piperidine rings is 1. The molecular formula is C17H27FN2. The van der Waals surface area contributed by atoms with Crippen LogP contribution in [0.2, 0.25) is 0 Å². The maximum absolute atomic E-state index is 13.4. The third-order valence-corrected chi connectivity index (χ3v) is 5.07. The maximum atomic E-state index is 13.4. The van der Waals surface area contributed by atoms with Gasteiger partial charge in [0.05, 0.1) is 0 Å². The van der Waals surface area contributed by atoms with E-state index < -0.39 is 0 Å². The smallest absolute Gasteiger partial charge is 0.123 e. The molecule has 1 N–H and O–H groups in total. The zero-order chi connectivity index (χ0) is 14.6. The molecule has 0 bridgehead atoms. The summed E-state index contributed by atoms with van der Waals surface area (Å²) in [5.74, 6) is -0.146. The quantitative estimate of drug-likeness (QED) is 0.877. The fraction of sp³-hybridized carbons (Fsp3) is 0.647. The second-order valence-corrected chi connectivity index (χ2v) is 6.00. The van der Waals surface area contributed by atoms with Gasteiger partial charge in [0.25, 0.3) is 0 Å². The second kappa shape index (κ2) is 6.57. The van der Waals surface area contributed by atoms with Crippen LogP contribution in [-0.4, -0.2) is 20.1 Å². The van der Waals surface area contributed by atoms with Crippen molar-refractivity contribution in [2.45, 2.75) is 46.1 Å². The molecule has 0 aliphatic carbocycles. The van der Waals surface area contributed by atoms with Gasteiger partial charge >= 0.3 is 0 Å². The summed E-state index contributed by atoms with van der Waals surface area (Å²) in [7, 11) is 1.91. The van der Waals surface area contributed by atoms with E-state index in [4.69, 9.17) is 0 Å². The molecule has 0 unspecified atom stereocenters. The van der Waals surface area contributed by atoms with Crippen LogP contribution in [-0.2, 0) is 6.54 Å². The zero-order valence-corrected chi connectivity index (χ0v) is 13.0. The summed E-state index contributed by atoms with van der Waals surface area (Å²) in [6.45, 7) is 7.51. The van der Waals surface area contributed by atoms with E-state index in [1.807, 2.05) is 13.1 Å². The topological polar surface area (TPSA) is 15.3 Å². The molecule has 0 aromatic heterocycles. The Balaban J connectivity index is 2.14. The van der Waals surface area contributed by atoms with Crippen LogP contribution in [0.4, 0.5) is 10.1 Å². The third kappa shape index (κ3) is 3.14. The number of rotatable bonds is 5. The number of halogens is 1. The van der Waals surface area contributed by atoms with Gasteiger partial charge in [0.15, 0.2) is 0 Å². The van der Waals surface area contributed by atoms with E-state index in [1.54, 1.807) is 12.1 Å². The van der Waals surface area contributed by atoms with Crippen molar-refractivity contribution in [2.75, 3.05) is 25.0 Å². The highest BCUT2D eigenvalue weighted by atomic mass is 19.1. The molecule has 1 fully saturated rings. The number of hydrogen-bond acceptors (Lipinski definition) is 2. The van der Waals surface area contributed by atoms with Gasteiger partial charge < -0.3 is 10.2 Å². The first-order valence-corrected chi connectivity index (χ1v) is 7.82. The molecule has 0 atom stereocenters. The van der Waals surface area contributed by atoms with Crippen molar-refractivity contribution >= 4 is 5.69 Å². The van der Waals surface area contributed by atoms with E-state index in [-0.39, 0.29) is 5.82 Å². The van der Waals surface area contributed by atoms with Gasteiger partial charge in [-0.3, -0.25) is 0 Å². The zero-order valence-electron chi connectivity index (χ0n) is 13.0. The molecule has 0 saturated carbocycles. The Labute approximate surface area is 122 Å². The van der Waals surface area contributed by atoms with Crippen LogP contribution in [0, 0.1) is 11.2 Å². The summed E-state index contributed by atoms with van der Waals surface area (Å²) >= 11 is 0. The lowest BCUT2D eigenvalue weighted by Crippen LogP contribution is -2.40. The Morgan fingerprint density at radius 2 is 1.85 bits per heavy atom. The van der Waals surface area contributed by atoms with Crippen molar-refractivity contribution in [3.63, 3.8) is 0 Å². The first kappa shape index (κ1) is 15.3. The molecule has 112 valence electrons. The molecule has 20 heavy (non-hydrogen) atoms. The average molecular weight is 278 g/mol. The molecule has 0 radical (unpaired) electrons. The van der Waals surface area contributed by atoms with E-state index in [9.17, 15) is 4.39 Å². The first-order chi connectivity index (χ1) is 9.64. The lowest BCUT2D eigenvalue weighted by atomic mass is 9.74. The molecule has 1 heterocycles. The average Bonchev–Trinajstić information content (AvgIpc) is 2.48. The van der Waals surface area contributed by atoms with Crippen LogP contribution in [0.1, 0.15) is 45.1 Å². The molecular weight excluding hydrogens is 251 g/mol. The van der Waals surface area contributed by atoms with Crippen LogP contribution in [0.3, 0.4) is 0 Å². The van der Waals surface area contributed by atoms with E-state index >= 15 is 0 Å². The highest BCUT2D eigenvalue weighted by Crippen LogP contribution is 2.39. The summed E-state index contributed by atoms with van der Waals surface area (Å²) in [5, 5.41) is 3.14. The number of nitrogens with zero attached hydrogens (tertiary/aromatic N) is 1. The van der Waals surface area contributed by atoms with Crippen LogP contribution >= 0.6 is 0 Å². The van der Waals surface area contributed by atoms with Crippen LogP contribution in [0.25, 0.3) is 0 Å². The van der Waals surface area contributed by atoms with Gasteiger partial charge in [0.1, 0.15) is 5.82 Å². The molecule has 2 rings (SSSR count). The van der Waals surface area contributed by atoms with Crippen molar-refractivity contribution < 1.29 is 4.39 Å². The van der Waals surface area contributed by atoms with E-state index in [2.05, 4.69) is 24.1 Å². The monoisotopic (exact) mass is 278 g/mol. The minimum Gasteiger partial charge on any atom is -0.371 e. The SMILES string of the molecule is CCC1(CC)CCN(c2ccc(F)cc2CNC)CC1. The fourth-order valence-corrected chi connectivity index (χ4v) is 3.37. The molecule has 1 aromatic rings. The first-order valence-electron chi connectivity index (χ1n) is 7.82. The van der Waals surface area contributed by atoms with Gasteiger partial charge in [-0.05, 0) is 49.1 Å². The Morgan fingerprint density at radius 3 is 2.40 bits per heavy atom. The summed E-state index contributed by atoms with van der Waals surface area (Å²) in [6.07, 6.45) is 5.03. The summed E-state index contributed by atoms with van der Waals surface area (Å²) in [5.41, 5.74) is 2.79. The summed E-state index contributed by atoms with van der Waals surface area (Å²) < 4.78 is 13.4. The lowest BCUT2D eigenvalue weighted by molar-refractivity contribution is 0.199. The second-order valence-electron chi connectivity index (χ2n) is 6.00. The van der Waals surface area contributed by atoms with Crippen molar-refractivity contribution in [3.05, 3.63) is 29.6 Å². The van der Waals surface area contributed by atoms with Gasteiger partial charge in [-0.2, -0.15) is 0 Å². The van der Waals surface area contributed by atoms with Gasteiger partial charge in [-0.25, -0.2) is 4.39 Å². The standard InChI is InChI=1S/C17H27FN2/c1-4-17(5-2)8-10-20(11-9-17)16-7-6-15(18)12-14(16)13-19-3/h6-7,12,19H,4-5,8-11,13H2,1-3H3. The van der Waals surface area contributed by atoms with Gasteiger partial charge in [0, 0.05) is 25.3 Å². The summed E-state index contributed by atoms with van der Waals surface area (Å²) in [6, 6.07) is 5.18. The van der Waals surface area contributed by atoms with E-state index in [1.165, 1.54) is 31.4 Å². The molecule has 1 saturated heterocycles. The number of hydrogen-bond donors (Lipinski definition) is 1. The molecule has 1 aromatic carbocycles. The minimum absolute atomic E-state index is 0.146. The van der Waals surface area contributed by atoms with Gasteiger partial charge in [-0.15, -0.1) is 0 Å². The van der Waals surface area contributed by atoms with Crippen LogP contribution in [0.5, 0.6) is 0 Å². The van der Waals surface area contributed by atoms with Crippen LogP contribution < -0.4 is 10.2 Å². The Kier molecular flexibility index (Phi) is 5.03. The fourth-order valence-electron chi connectivity index (χ4n) is 3.37. The molecule has 3 heteroatoms. The molecule has 0 amide bonds. The highest BCUT2D eigenvalue weighted by molar-refractivity contribution is 5.54. The van der Waals surface area contributed by atoms with Crippen LogP contribution in [0.15, 0.2) is 18.2 Å². The third-order valence-electron chi connectivity index (χ3n) is 5.07. The predicted molar refractivity (Wildman–Crippen MR) is 83.6 cm³/mol. The largest absolute Gasteiger partial charge is 0.371 e. The Hall–Kier alpha value is -1.09. The van der Waals surface area contributed by atoms with Gasteiger partial charge in [-0.1, -0.05) is 26.7 Å². The molecule has 1 aliphatic heterocycles. The number of benzene rings is 1. The molecule has 1 aliphatic rings. The maximum Gasteiger partial charge on any atom is 0.123 e. The molecule has 2 nitrogen and oxygen atoms in total. The van der Waals surface area contributed by atoms with E-state index in [0.29, 0.717) is 5.41 Å². The Morgan fingerprint density at radius 1 is 1.20 bits per heavy atom.